The van der Waals surface area contributed by atoms with Crippen LogP contribution in [0.3, 0.4) is 0 Å². The molecule has 0 bridgehead atoms. The van der Waals surface area contributed by atoms with Gasteiger partial charge < -0.3 is 30.7 Å². The number of hydrogen-bond acceptors (Lipinski definition) is 5. The molecule has 36 heavy (non-hydrogen) atoms. The summed E-state index contributed by atoms with van der Waals surface area (Å²) >= 11 is 0. The lowest BCUT2D eigenvalue weighted by Crippen LogP contribution is -2.63. The lowest BCUT2D eigenvalue weighted by atomic mass is 9.78. The van der Waals surface area contributed by atoms with Crippen LogP contribution in [-0.2, 0) is 16.1 Å². The molecular weight excluding hydrogens is 458 g/mol. The van der Waals surface area contributed by atoms with E-state index in [4.69, 9.17) is 16.2 Å². The first kappa shape index (κ1) is 25.7. The molecule has 9 heteroatoms. The summed E-state index contributed by atoms with van der Waals surface area (Å²) in [5, 5.41) is 12.1. The third-order valence-corrected chi connectivity index (χ3v) is 7.42. The molecule has 1 amide bonds. The molecule has 4 atom stereocenters. The minimum atomic E-state index is -0.757. The Labute approximate surface area is 211 Å². The minimum absolute atomic E-state index is 0.0728. The lowest BCUT2D eigenvalue weighted by molar-refractivity contribution is -0.902. The second kappa shape index (κ2) is 9.91. The maximum Gasteiger partial charge on any atom is 0.235 e. The molecule has 2 aliphatic rings. The highest BCUT2D eigenvalue weighted by molar-refractivity contribution is 5.96. The number of hydrogen-bond donors (Lipinski definition) is 3. The fourth-order valence-electron chi connectivity index (χ4n) is 5.53. The van der Waals surface area contributed by atoms with Crippen LogP contribution < -0.4 is 16.2 Å². The number of amides is 1. The number of quaternary nitrogens is 1. The van der Waals surface area contributed by atoms with Crippen molar-refractivity contribution in [2.45, 2.75) is 32.5 Å². The maximum atomic E-state index is 12.6. The Kier molecular flexibility index (Phi) is 7.06. The molecule has 5 N–H and O–H groups in total. The largest absolute Gasteiger partial charge is 0.489 e. The number of guanidine groups is 1. The first-order valence-corrected chi connectivity index (χ1v) is 12.3. The summed E-state index contributed by atoms with van der Waals surface area (Å²) < 4.78 is 6.98. The number of likely N-dealkylation sites (N-methyl/N-ethyl adjacent to an activating group) is 1. The zero-order valence-electron chi connectivity index (χ0n) is 21.3. The van der Waals surface area contributed by atoms with Gasteiger partial charge in [-0.25, -0.2) is 4.99 Å². The summed E-state index contributed by atoms with van der Waals surface area (Å²) in [6, 6.07) is 11.9. The van der Waals surface area contributed by atoms with Crippen LogP contribution in [0.2, 0.25) is 0 Å². The van der Waals surface area contributed by atoms with Gasteiger partial charge in [-0.3, -0.25) is 9.59 Å². The SMILES string of the molecule is C[C@H]1C(COc2cccc3c(C[N+](C)(C)CCN=C(N)N)cccc23)=C(C=O)N2C(=O)[C@H]([C@@H](C)O)C12. The molecule has 192 valence electrons. The van der Waals surface area contributed by atoms with Crippen molar-refractivity contribution in [2.24, 2.45) is 28.3 Å². The fraction of sp³-hybridized carbons (Fsp3) is 0.444. The topological polar surface area (TPSA) is 131 Å². The Bertz CT molecular complexity index is 1230. The van der Waals surface area contributed by atoms with Gasteiger partial charge in [0.25, 0.3) is 0 Å². The zero-order chi connectivity index (χ0) is 26.2. The number of β-lactam (4-membered cyclic amide) rings is 1. The van der Waals surface area contributed by atoms with Crippen LogP contribution in [0.15, 0.2) is 52.7 Å². The summed E-state index contributed by atoms with van der Waals surface area (Å²) in [5.74, 6) is 0.0615. The summed E-state index contributed by atoms with van der Waals surface area (Å²) in [7, 11) is 4.28. The fourth-order valence-corrected chi connectivity index (χ4v) is 5.53. The summed E-state index contributed by atoms with van der Waals surface area (Å²) in [5.41, 5.74) is 13.3. The second-order valence-electron chi connectivity index (χ2n) is 10.5. The van der Waals surface area contributed by atoms with Crippen LogP contribution in [0.1, 0.15) is 19.4 Å². The van der Waals surface area contributed by atoms with Crippen molar-refractivity contribution >= 4 is 28.9 Å². The van der Waals surface area contributed by atoms with Crippen molar-refractivity contribution in [3.8, 4) is 5.75 Å². The van der Waals surface area contributed by atoms with Crippen LogP contribution >= 0.6 is 0 Å². The van der Waals surface area contributed by atoms with E-state index in [0.717, 1.165) is 41.5 Å². The number of carbonyl (C=O) groups is 2. The van der Waals surface area contributed by atoms with E-state index in [9.17, 15) is 14.7 Å². The Morgan fingerprint density at radius 3 is 2.58 bits per heavy atom. The van der Waals surface area contributed by atoms with Crippen LogP contribution in [0, 0.1) is 11.8 Å². The van der Waals surface area contributed by atoms with Gasteiger partial charge in [-0.2, -0.15) is 0 Å². The van der Waals surface area contributed by atoms with Gasteiger partial charge in [-0.1, -0.05) is 37.3 Å². The Balaban J connectivity index is 1.55. The smallest absolute Gasteiger partial charge is 0.235 e. The molecule has 4 rings (SSSR count). The lowest BCUT2D eigenvalue weighted by Gasteiger charge is -2.46. The Hall–Kier alpha value is -3.43. The van der Waals surface area contributed by atoms with Crippen LogP contribution in [0.5, 0.6) is 5.75 Å². The van der Waals surface area contributed by atoms with Crippen molar-refractivity contribution in [1.82, 2.24) is 4.90 Å². The maximum absolute atomic E-state index is 12.6. The number of aliphatic imine (C=N–C) groups is 1. The standard InChI is InChI=1S/C27H36N5O4/c1-16-21(22(14-33)31-25(16)24(17(2)34)26(31)35)15-36-23-10-6-8-19-18(7-5-9-20(19)23)13-32(3,4)12-11-30-27(28)29/h5-10,14,16-17,24-25,34H,11-13,15H2,1-4H3,(H4,28,29,30)/q+1/t16-,17+,24+,25?/m0/s1. The number of carbonyl (C=O) groups excluding carboxylic acids is 2. The molecule has 1 unspecified atom stereocenters. The first-order valence-electron chi connectivity index (χ1n) is 12.3. The van der Waals surface area contributed by atoms with Gasteiger partial charge >= 0.3 is 0 Å². The number of aliphatic hydroxyl groups is 1. The van der Waals surface area contributed by atoms with E-state index in [1.807, 2.05) is 31.2 Å². The van der Waals surface area contributed by atoms with Crippen molar-refractivity contribution in [3.05, 3.63) is 53.2 Å². The molecule has 2 aromatic carbocycles. The van der Waals surface area contributed by atoms with Gasteiger partial charge in [0.05, 0.1) is 50.9 Å². The quantitative estimate of drug-likeness (QED) is 0.150. The number of allylic oxidation sites excluding steroid dienone is 1. The average Bonchev–Trinajstić information content (AvgIpc) is 3.04. The van der Waals surface area contributed by atoms with E-state index in [-0.39, 0.29) is 30.4 Å². The van der Waals surface area contributed by atoms with E-state index in [0.29, 0.717) is 16.7 Å². The number of rotatable bonds is 10. The molecule has 0 saturated carbocycles. The third kappa shape index (κ3) is 4.68. The van der Waals surface area contributed by atoms with E-state index in [1.54, 1.807) is 6.92 Å². The summed E-state index contributed by atoms with van der Waals surface area (Å²) in [4.78, 5) is 30.1. The molecule has 1 saturated heterocycles. The van der Waals surface area contributed by atoms with Gasteiger partial charge in [0, 0.05) is 16.9 Å². The predicted molar refractivity (Wildman–Crippen MR) is 139 cm³/mol. The number of ether oxygens (including phenoxy) is 1. The molecule has 0 aromatic heterocycles. The highest BCUT2D eigenvalue weighted by Gasteiger charge is 2.58. The summed E-state index contributed by atoms with van der Waals surface area (Å²) in [6.07, 6.45) is -0.0255. The number of benzene rings is 2. The van der Waals surface area contributed by atoms with Crippen LogP contribution in [0.25, 0.3) is 10.8 Å². The number of fused-ring (bicyclic) bond motifs is 2. The first-order chi connectivity index (χ1) is 17.1. The van der Waals surface area contributed by atoms with E-state index < -0.39 is 12.0 Å². The Morgan fingerprint density at radius 1 is 1.22 bits per heavy atom. The van der Waals surface area contributed by atoms with Crippen LogP contribution in [-0.4, -0.2) is 78.6 Å². The van der Waals surface area contributed by atoms with Gasteiger partial charge in [0.15, 0.2) is 12.2 Å². The molecule has 0 spiro atoms. The Morgan fingerprint density at radius 2 is 1.92 bits per heavy atom. The van der Waals surface area contributed by atoms with Gasteiger partial charge in [-0.05, 0) is 23.9 Å². The normalized spacial score (nSPS) is 22.3. The molecule has 0 aliphatic carbocycles. The molecule has 2 heterocycles. The van der Waals surface area contributed by atoms with Crippen LogP contribution in [0.4, 0.5) is 0 Å². The van der Waals surface area contributed by atoms with Crippen molar-refractivity contribution < 1.29 is 23.9 Å². The highest BCUT2D eigenvalue weighted by Crippen LogP contribution is 2.46. The second-order valence-corrected chi connectivity index (χ2v) is 10.5. The minimum Gasteiger partial charge on any atom is -0.489 e. The van der Waals surface area contributed by atoms with Crippen molar-refractivity contribution in [1.29, 1.82) is 0 Å². The third-order valence-electron chi connectivity index (χ3n) is 7.42. The molecule has 2 aromatic rings. The predicted octanol–water partition coefficient (Wildman–Crippen LogP) is 1.38. The van der Waals surface area contributed by atoms with Gasteiger partial charge in [0.2, 0.25) is 5.91 Å². The van der Waals surface area contributed by atoms with Gasteiger partial charge in [-0.15, -0.1) is 0 Å². The van der Waals surface area contributed by atoms with E-state index in [1.165, 1.54) is 10.5 Å². The molecule has 0 radical (unpaired) electrons. The number of nitrogens with two attached hydrogens (primary N) is 2. The molecule has 9 nitrogen and oxygen atoms in total. The molecule has 1 fully saturated rings. The number of aliphatic hydroxyl groups excluding tert-OH is 1. The highest BCUT2D eigenvalue weighted by atomic mass is 16.5. The summed E-state index contributed by atoms with van der Waals surface area (Å²) in [6.45, 7) is 5.93. The van der Waals surface area contributed by atoms with E-state index >= 15 is 0 Å². The average molecular weight is 495 g/mol. The zero-order valence-corrected chi connectivity index (χ0v) is 21.3. The number of aldehydes is 1. The molecule has 2 aliphatic heterocycles. The molecular formula is C27H36N5O4+. The van der Waals surface area contributed by atoms with Crippen molar-refractivity contribution in [3.63, 3.8) is 0 Å². The monoisotopic (exact) mass is 494 g/mol. The van der Waals surface area contributed by atoms with Gasteiger partial charge in [0.1, 0.15) is 18.9 Å². The van der Waals surface area contributed by atoms with E-state index in [2.05, 4.69) is 31.2 Å². The number of nitrogens with zero attached hydrogens (tertiary/aromatic N) is 3. The van der Waals surface area contributed by atoms with Crippen molar-refractivity contribution in [2.75, 3.05) is 33.8 Å².